The number of nitrogens with zero attached hydrogens (tertiary/aromatic N) is 2. The van der Waals surface area contributed by atoms with Crippen LogP contribution in [0, 0.1) is 0 Å². The molecule has 2 aromatic rings. The third kappa shape index (κ3) is 5.78. The Balaban J connectivity index is 1.64. The van der Waals surface area contributed by atoms with Gasteiger partial charge in [-0.05, 0) is 42.3 Å². The predicted octanol–water partition coefficient (Wildman–Crippen LogP) is 3.88. The van der Waals surface area contributed by atoms with Crippen molar-refractivity contribution in [2.24, 2.45) is 5.10 Å². The summed E-state index contributed by atoms with van der Waals surface area (Å²) in [6.07, 6.45) is 0.958. The number of carboxylic acids is 1. The Morgan fingerprint density at radius 2 is 1.93 bits per heavy atom. The SMILES string of the molecule is O=C(O)C(=NNc1ccc(CCN2CCOCC2)cc1)c1cc(Cl)ccc1Br. The summed E-state index contributed by atoms with van der Waals surface area (Å²) in [5.41, 5.74) is 5.05. The second-order valence-electron chi connectivity index (χ2n) is 6.40. The molecule has 0 atom stereocenters. The van der Waals surface area contributed by atoms with Crippen molar-refractivity contribution >= 4 is 44.9 Å². The summed E-state index contributed by atoms with van der Waals surface area (Å²) in [6.45, 7) is 4.56. The van der Waals surface area contributed by atoms with Gasteiger partial charge in [0.2, 0.25) is 0 Å². The molecular weight excluding hydrogens is 446 g/mol. The van der Waals surface area contributed by atoms with Crippen molar-refractivity contribution in [3.05, 3.63) is 63.1 Å². The highest BCUT2D eigenvalue weighted by Crippen LogP contribution is 2.22. The molecule has 3 rings (SSSR count). The molecule has 0 aromatic heterocycles. The molecule has 0 spiro atoms. The summed E-state index contributed by atoms with van der Waals surface area (Å²) in [5.74, 6) is -1.14. The average molecular weight is 467 g/mol. The highest BCUT2D eigenvalue weighted by atomic mass is 79.9. The van der Waals surface area contributed by atoms with Crippen LogP contribution in [0.3, 0.4) is 0 Å². The third-order valence-electron chi connectivity index (χ3n) is 4.46. The fourth-order valence-corrected chi connectivity index (χ4v) is 3.49. The highest BCUT2D eigenvalue weighted by Gasteiger charge is 2.16. The van der Waals surface area contributed by atoms with E-state index in [0.717, 1.165) is 39.3 Å². The van der Waals surface area contributed by atoms with Gasteiger partial charge in [0.1, 0.15) is 0 Å². The number of halogens is 2. The molecule has 1 aliphatic rings. The van der Waals surface area contributed by atoms with Crippen LogP contribution in [0.4, 0.5) is 5.69 Å². The molecule has 0 radical (unpaired) electrons. The Morgan fingerprint density at radius 1 is 1.21 bits per heavy atom. The van der Waals surface area contributed by atoms with Gasteiger partial charge >= 0.3 is 5.97 Å². The fourth-order valence-electron chi connectivity index (χ4n) is 2.88. The first-order valence-corrected chi connectivity index (χ1v) is 10.1. The predicted molar refractivity (Wildman–Crippen MR) is 114 cm³/mol. The first kappa shape index (κ1) is 20.8. The Bertz CT molecular complexity index is 852. The molecule has 1 heterocycles. The maximum Gasteiger partial charge on any atom is 0.357 e. The van der Waals surface area contributed by atoms with Crippen molar-refractivity contribution in [3.8, 4) is 0 Å². The summed E-state index contributed by atoms with van der Waals surface area (Å²) in [6, 6.07) is 12.8. The number of carboxylic acid groups (broad SMARTS) is 1. The number of nitrogens with one attached hydrogen (secondary N) is 1. The lowest BCUT2D eigenvalue weighted by atomic mass is 10.1. The summed E-state index contributed by atoms with van der Waals surface area (Å²) in [5, 5.41) is 14.0. The smallest absolute Gasteiger partial charge is 0.357 e. The van der Waals surface area contributed by atoms with Crippen LogP contribution in [0.2, 0.25) is 5.02 Å². The zero-order valence-electron chi connectivity index (χ0n) is 15.2. The van der Waals surface area contributed by atoms with E-state index in [1.54, 1.807) is 18.2 Å². The van der Waals surface area contributed by atoms with Gasteiger partial charge in [-0.25, -0.2) is 4.79 Å². The van der Waals surface area contributed by atoms with Crippen molar-refractivity contribution in [1.29, 1.82) is 0 Å². The van der Waals surface area contributed by atoms with Crippen LogP contribution in [0.1, 0.15) is 11.1 Å². The normalized spacial score (nSPS) is 15.4. The Labute approximate surface area is 177 Å². The summed E-state index contributed by atoms with van der Waals surface area (Å²) < 4.78 is 5.97. The number of hydrogen-bond acceptors (Lipinski definition) is 5. The van der Waals surface area contributed by atoms with Crippen LogP contribution in [-0.4, -0.2) is 54.5 Å². The van der Waals surface area contributed by atoms with Gasteiger partial charge in [0.15, 0.2) is 5.71 Å². The van der Waals surface area contributed by atoms with Crippen molar-refractivity contribution in [3.63, 3.8) is 0 Å². The van der Waals surface area contributed by atoms with Gasteiger partial charge in [-0.2, -0.15) is 5.10 Å². The number of carbonyl (C=O) groups is 1. The average Bonchev–Trinajstić information content (AvgIpc) is 2.70. The topological polar surface area (TPSA) is 74.2 Å². The first-order chi connectivity index (χ1) is 13.5. The molecule has 0 amide bonds. The second kappa shape index (κ2) is 10.0. The van der Waals surface area contributed by atoms with Gasteiger partial charge in [0.05, 0.1) is 18.9 Å². The van der Waals surface area contributed by atoms with E-state index in [0.29, 0.717) is 20.7 Å². The number of rotatable bonds is 7. The van der Waals surface area contributed by atoms with Gasteiger partial charge in [0, 0.05) is 34.7 Å². The molecule has 1 saturated heterocycles. The molecule has 0 unspecified atom stereocenters. The molecule has 1 aliphatic heterocycles. The maximum atomic E-state index is 11.6. The lowest BCUT2D eigenvalue weighted by molar-refractivity contribution is -0.129. The number of hydrogen-bond donors (Lipinski definition) is 2. The van der Waals surface area contributed by atoms with Crippen molar-refractivity contribution in [2.45, 2.75) is 6.42 Å². The molecule has 0 saturated carbocycles. The van der Waals surface area contributed by atoms with Gasteiger partial charge in [-0.15, -0.1) is 0 Å². The molecule has 2 aromatic carbocycles. The number of hydrazone groups is 1. The van der Waals surface area contributed by atoms with E-state index in [4.69, 9.17) is 16.3 Å². The minimum Gasteiger partial charge on any atom is -0.476 e. The van der Waals surface area contributed by atoms with Crippen LogP contribution < -0.4 is 5.43 Å². The summed E-state index contributed by atoms with van der Waals surface area (Å²) in [4.78, 5) is 14.0. The fraction of sp³-hybridized carbons (Fsp3) is 0.300. The van der Waals surface area contributed by atoms with Gasteiger partial charge in [0.25, 0.3) is 0 Å². The number of benzene rings is 2. The lowest BCUT2D eigenvalue weighted by Crippen LogP contribution is -2.37. The van der Waals surface area contributed by atoms with E-state index < -0.39 is 5.97 Å². The van der Waals surface area contributed by atoms with Crippen LogP contribution >= 0.6 is 27.5 Å². The maximum absolute atomic E-state index is 11.6. The second-order valence-corrected chi connectivity index (χ2v) is 7.69. The minimum atomic E-state index is -1.14. The summed E-state index contributed by atoms with van der Waals surface area (Å²) in [7, 11) is 0. The van der Waals surface area contributed by atoms with Crippen molar-refractivity contribution in [2.75, 3.05) is 38.3 Å². The molecule has 0 bridgehead atoms. The summed E-state index contributed by atoms with van der Waals surface area (Å²) >= 11 is 9.33. The molecule has 148 valence electrons. The van der Waals surface area contributed by atoms with Gasteiger partial charge < -0.3 is 9.84 Å². The van der Waals surface area contributed by atoms with Gasteiger partial charge in [-0.3, -0.25) is 10.3 Å². The third-order valence-corrected chi connectivity index (χ3v) is 5.38. The number of anilines is 1. The quantitative estimate of drug-likeness (QED) is 0.478. The van der Waals surface area contributed by atoms with E-state index in [1.807, 2.05) is 24.3 Å². The lowest BCUT2D eigenvalue weighted by Gasteiger charge is -2.26. The van der Waals surface area contributed by atoms with E-state index in [9.17, 15) is 9.90 Å². The van der Waals surface area contributed by atoms with Crippen molar-refractivity contribution in [1.82, 2.24) is 4.90 Å². The van der Waals surface area contributed by atoms with E-state index in [1.165, 1.54) is 5.56 Å². The Morgan fingerprint density at radius 3 is 2.61 bits per heavy atom. The first-order valence-electron chi connectivity index (χ1n) is 8.94. The molecule has 1 fully saturated rings. The van der Waals surface area contributed by atoms with E-state index in [-0.39, 0.29) is 5.71 Å². The van der Waals surface area contributed by atoms with Crippen LogP contribution in [-0.2, 0) is 16.0 Å². The largest absolute Gasteiger partial charge is 0.476 e. The highest BCUT2D eigenvalue weighted by molar-refractivity contribution is 9.10. The molecule has 0 aliphatic carbocycles. The Kier molecular flexibility index (Phi) is 7.44. The zero-order chi connectivity index (χ0) is 19.9. The van der Waals surface area contributed by atoms with Crippen LogP contribution in [0.25, 0.3) is 0 Å². The van der Waals surface area contributed by atoms with Crippen LogP contribution in [0.5, 0.6) is 0 Å². The zero-order valence-corrected chi connectivity index (χ0v) is 17.5. The molecule has 6 nitrogen and oxygen atoms in total. The minimum absolute atomic E-state index is 0.120. The van der Waals surface area contributed by atoms with E-state index in [2.05, 4.69) is 31.4 Å². The van der Waals surface area contributed by atoms with E-state index >= 15 is 0 Å². The Hall–Kier alpha value is -1.93. The number of ether oxygens (including phenoxy) is 1. The molecule has 2 N–H and O–H groups in total. The monoisotopic (exact) mass is 465 g/mol. The number of morpholine rings is 1. The van der Waals surface area contributed by atoms with Crippen molar-refractivity contribution < 1.29 is 14.6 Å². The number of aliphatic carboxylic acids is 1. The molecule has 8 heteroatoms. The molecule has 28 heavy (non-hydrogen) atoms. The van der Waals surface area contributed by atoms with Crippen LogP contribution in [0.15, 0.2) is 52.0 Å². The molecular formula is C20H21BrClN3O3. The van der Waals surface area contributed by atoms with Gasteiger partial charge in [-0.1, -0.05) is 39.7 Å². The standard InChI is InChI=1S/C20H21BrClN3O3/c21-18-6-3-15(22)13-17(18)19(20(26)27)24-23-16-4-1-14(2-5-16)7-8-25-9-11-28-12-10-25/h1-6,13,23H,7-12H2,(H,26,27).